The average Bonchev–Trinajstić information content (AvgIpc) is 2.21. The normalized spacial score (nSPS) is 12.2. The van der Waals surface area contributed by atoms with Crippen LogP contribution in [0.2, 0.25) is 0 Å². The molecule has 0 spiro atoms. The van der Waals surface area contributed by atoms with Crippen molar-refractivity contribution in [3.63, 3.8) is 0 Å². The predicted octanol–water partition coefficient (Wildman–Crippen LogP) is 1.70. The molecule has 1 atom stereocenters. The molecule has 6 heteroatoms. The summed E-state index contributed by atoms with van der Waals surface area (Å²) in [6.45, 7) is 1.93. The SMILES string of the molecule is CC(N)CCCC(=O)Nc1cnc(Br)cn1. The van der Waals surface area contributed by atoms with Crippen molar-refractivity contribution in [3.8, 4) is 0 Å². The Kier molecular flexibility index (Phi) is 5.34. The molecule has 0 aliphatic heterocycles. The molecule has 0 bridgehead atoms. The number of amides is 1. The van der Waals surface area contributed by atoms with Gasteiger partial charge >= 0.3 is 0 Å². The molecule has 0 saturated carbocycles. The molecule has 1 aromatic rings. The zero-order valence-corrected chi connectivity index (χ0v) is 10.7. The Balaban J connectivity index is 2.31. The molecular formula is C10H15BrN4O. The maximum absolute atomic E-state index is 11.4. The van der Waals surface area contributed by atoms with E-state index in [2.05, 4.69) is 31.2 Å². The lowest BCUT2D eigenvalue weighted by molar-refractivity contribution is -0.116. The van der Waals surface area contributed by atoms with Crippen LogP contribution in [-0.4, -0.2) is 21.9 Å². The topological polar surface area (TPSA) is 80.9 Å². The van der Waals surface area contributed by atoms with E-state index in [1.807, 2.05) is 6.92 Å². The highest BCUT2D eigenvalue weighted by atomic mass is 79.9. The molecule has 0 aliphatic rings. The molecule has 1 rings (SSSR count). The largest absolute Gasteiger partial charge is 0.328 e. The number of rotatable bonds is 5. The molecule has 3 N–H and O–H groups in total. The van der Waals surface area contributed by atoms with Gasteiger partial charge in [-0.2, -0.15) is 0 Å². The van der Waals surface area contributed by atoms with Gasteiger partial charge in [-0.3, -0.25) is 4.79 Å². The maximum Gasteiger partial charge on any atom is 0.225 e. The van der Waals surface area contributed by atoms with Gasteiger partial charge < -0.3 is 11.1 Å². The van der Waals surface area contributed by atoms with Crippen LogP contribution in [0.25, 0.3) is 0 Å². The Hall–Kier alpha value is -1.01. The Morgan fingerprint density at radius 2 is 2.31 bits per heavy atom. The first-order valence-electron chi connectivity index (χ1n) is 5.11. The van der Waals surface area contributed by atoms with Gasteiger partial charge in [-0.25, -0.2) is 9.97 Å². The number of anilines is 1. The second-order valence-electron chi connectivity index (χ2n) is 3.64. The second kappa shape index (κ2) is 6.55. The van der Waals surface area contributed by atoms with E-state index >= 15 is 0 Å². The van der Waals surface area contributed by atoms with Gasteiger partial charge in [0.1, 0.15) is 4.60 Å². The Bertz CT molecular complexity index is 339. The number of nitrogens with one attached hydrogen (secondary N) is 1. The minimum Gasteiger partial charge on any atom is -0.328 e. The quantitative estimate of drug-likeness (QED) is 0.863. The molecule has 0 aliphatic carbocycles. The number of nitrogens with zero attached hydrogens (tertiary/aromatic N) is 2. The van der Waals surface area contributed by atoms with E-state index < -0.39 is 0 Å². The van der Waals surface area contributed by atoms with Crippen LogP contribution in [0, 0.1) is 0 Å². The molecule has 5 nitrogen and oxygen atoms in total. The summed E-state index contributed by atoms with van der Waals surface area (Å²) in [7, 11) is 0. The van der Waals surface area contributed by atoms with Crippen LogP contribution < -0.4 is 11.1 Å². The fraction of sp³-hybridized carbons (Fsp3) is 0.500. The highest BCUT2D eigenvalue weighted by molar-refractivity contribution is 9.10. The fourth-order valence-electron chi connectivity index (χ4n) is 1.17. The standard InChI is InChI=1S/C10H15BrN4O/c1-7(12)3-2-4-10(16)15-9-6-13-8(11)5-14-9/h5-7H,2-4,12H2,1H3,(H,14,15,16). The summed E-state index contributed by atoms with van der Waals surface area (Å²) in [5.74, 6) is 0.409. The van der Waals surface area contributed by atoms with Crippen molar-refractivity contribution in [2.45, 2.75) is 32.2 Å². The van der Waals surface area contributed by atoms with Gasteiger partial charge in [0, 0.05) is 12.5 Å². The third-order valence-corrected chi connectivity index (χ3v) is 2.36. The molecule has 0 aromatic carbocycles. The van der Waals surface area contributed by atoms with Gasteiger partial charge in [0.2, 0.25) is 5.91 Å². The number of carbonyl (C=O) groups is 1. The summed E-state index contributed by atoms with van der Waals surface area (Å²) in [4.78, 5) is 19.4. The zero-order valence-electron chi connectivity index (χ0n) is 9.11. The van der Waals surface area contributed by atoms with Gasteiger partial charge in [-0.15, -0.1) is 0 Å². The molecule has 0 saturated heterocycles. The summed E-state index contributed by atoms with van der Waals surface area (Å²) < 4.78 is 0.641. The van der Waals surface area contributed by atoms with Gasteiger partial charge in [0.15, 0.2) is 5.82 Å². The molecular weight excluding hydrogens is 272 g/mol. The van der Waals surface area contributed by atoms with Crippen LogP contribution >= 0.6 is 15.9 Å². The minimum absolute atomic E-state index is 0.0581. The van der Waals surface area contributed by atoms with Crippen molar-refractivity contribution in [1.29, 1.82) is 0 Å². The van der Waals surface area contributed by atoms with Crippen LogP contribution in [0.4, 0.5) is 5.82 Å². The second-order valence-corrected chi connectivity index (χ2v) is 4.45. The summed E-state index contributed by atoms with van der Waals surface area (Å²) in [6.07, 6.45) is 5.14. The van der Waals surface area contributed by atoms with Crippen molar-refractivity contribution in [2.75, 3.05) is 5.32 Å². The van der Waals surface area contributed by atoms with Crippen molar-refractivity contribution in [1.82, 2.24) is 9.97 Å². The summed E-state index contributed by atoms with van der Waals surface area (Å²) >= 11 is 3.17. The third-order valence-electron chi connectivity index (χ3n) is 1.95. The third kappa shape index (κ3) is 5.18. The number of hydrogen-bond acceptors (Lipinski definition) is 4. The number of carbonyl (C=O) groups excluding carboxylic acids is 1. The summed E-state index contributed by atoms with van der Waals surface area (Å²) in [6, 6.07) is 0.139. The molecule has 88 valence electrons. The van der Waals surface area contributed by atoms with Crippen LogP contribution in [0.3, 0.4) is 0 Å². The predicted molar refractivity (Wildman–Crippen MR) is 65.9 cm³/mol. The zero-order chi connectivity index (χ0) is 12.0. The van der Waals surface area contributed by atoms with Crippen LogP contribution in [0.5, 0.6) is 0 Å². The summed E-state index contributed by atoms with van der Waals surface area (Å²) in [5.41, 5.74) is 5.59. The highest BCUT2D eigenvalue weighted by Crippen LogP contribution is 2.07. The van der Waals surface area contributed by atoms with E-state index in [1.54, 1.807) is 0 Å². The lowest BCUT2D eigenvalue weighted by Crippen LogP contribution is -2.17. The van der Waals surface area contributed by atoms with Crippen LogP contribution in [-0.2, 0) is 4.79 Å². The van der Waals surface area contributed by atoms with Gasteiger partial charge in [-0.05, 0) is 35.7 Å². The maximum atomic E-state index is 11.4. The van der Waals surface area contributed by atoms with Crippen molar-refractivity contribution in [2.24, 2.45) is 5.73 Å². The van der Waals surface area contributed by atoms with Gasteiger partial charge in [-0.1, -0.05) is 0 Å². The first-order valence-corrected chi connectivity index (χ1v) is 5.90. The number of hydrogen-bond donors (Lipinski definition) is 2. The van der Waals surface area contributed by atoms with Gasteiger partial charge in [0.05, 0.1) is 12.4 Å². The molecule has 0 radical (unpaired) electrons. The monoisotopic (exact) mass is 286 g/mol. The summed E-state index contributed by atoms with van der Waals surface area (Å²) in [5, 5.41) is 2.67. The minimum atomic E-state index is -0.0581. The van der Waals surface area contributed by atoms with E-state index in [1.165, 1.54) is 12.4 Å². The first kappa shape index (κ1) is 13.1. The van der Waals surface area contributed by atoms with E-state index in [-0.39, 0.29) is 11.9 Å². The molecule has 1 unspecified atom stereocenters. The number of halogens is 1. The van der Waals surface area contributed by atoms with E-state index in [9.17, 15) is 4.79 Å². The fourth-order valence-corrected chi connectivity index (χ4v) is 1.37. The Labute approximate surface area is 103 Å². The smallest absolute Gasteiger partial charge is 0.225 e. The van der Waals surface area contributed by atoms with Gasteiger partial charge in [0.25, 0.3) is 0 Å². The Morgan fingerprint density at radius 3 is 2.88 bits per heavy atom. The molecule has 0 fully saturated rings. The average molecular weight is 287 g/mol. The lowest BCUT2D eigenvalue weighted by atomic mass is 10.1. The highest BCUT2D eigenvalue weighted by Gasteiger charge is 2.04. The van der Waals surface area contributed by atoms with Crippen LogP contribution in [0.1, 0.15) is 26.2 Å². The van der Waals surface area contributed by atoms with E-state index in [0.29, 0.717) is 16.8 Å². The van der Waals surface area contributed by atoms with Crippen LogP contribution in [0.15, 0.2) is 17.0 Å². The number of aromatic nitrogens is 2. The van der Waals surface area contributed by atoms with Crippen molar-refractivity contribution >= 4 is 27.7 Å². The van der Waals surface area contributed by atoms with E-state index in [0.717, 1.165) is 12.8 Å². The molecule has 16 heavy (non-hydrogen) atoms. The molecule has 1 amide bonds. The van der Waals surface area contributed by atoms with E-state index in [4.69, 9.17) is 5.73 Å². The molecule has 1 aromatic heterocycles. The lowest BCUT2D eigenvalue weighted by Gasteiger charge is -2.05. The first-order chi connectivity index (χ1) is 7.58. The van der Waals surface area contributed by atoms with Crippen molar-refractivity contribution < 1.29 is 4.79 Å². The molecule has 1 heterocycles. The Morgan fingerprint density at radius 1 is 1.56 bits per heavy atom. The van der Waals surface area contributed by atoms with Crippen molar-refractivity contribution in [3.05, 3.63) is 17.0 Å². The number of nitrogens with two attached hydrogens (primary N) is 1.